The van der Waals surface area contributed by atoms with E-state index in [9.17, 15) is 9.90 Å². The lowest BCUT2D eigenvalue weighted by Gasteiger charge is -2.02. The predicted molar refractivity (Wildman–Crippen MR) is 39.8 cm³/mol. The van der Waals surface area contributed by atoms with Crippen LogP contribution >= 0.6 is 0 Å². The van der Waals surface area contributed by atoms with E-state index in [-0.39, 0.29) is 18.0 Å². The SMILES string of the molecule is CCC1=C(O)C(=O)CC=CO1. The Morgan fingerprint density at radius 3 is 3.09 bits per heavy atom. The van der Waals surface area contributed by atoms with E-state index in [2.05, 4.69) is 0 Å². The molecule has 1 aliphatic heterocycles. The Morgan fingerprint density at radius 2 is 2.45 bits per heavy atom. The molecule has 0 fully saturated rings. The van der Waals surface area contributed by atoms with Gasteiger partial charge in [0.25, 0.3) is 0 Å². The largest absolute Gasteiger partial charge is 0.502 e. The van der Waals surface area contributed by atoms with Gasteiger partial charge in [0.05, 0.1) is 6.26 Å². The van der Waals surface area contributed by atoms with Gasteiger partial charge in [0.15, 0.2) is 5.76 Å². The minimum atomic E-state index is -0.282. The molecule has 0 aromatic heterocycles. The van der Waals surface area contributed by atoms with Crippen molar-refractivity contribution in [3.8, 4) is 0 Å². The van der Waals surface area contributed by atoms with Crippen LogP contribution in [-0.4, -0.2) is 10.9 Å². The number of aliphatic hydroxyl groups is 1. The Kier molecular flexibility index (Phi) is 2.31. The first kappa shape index (κ1) is 7.85. The Balaban J connectivity index is 2.90. The Hall–Kier alpha value is -1.25. The third-order valence-electron chi connectivity index (χ3n) is 1.46. The normalized spacial score (nSPS) is 18.1. The van der Waals surface area contributed by atoms with Crippen LogP contribution in [0, 0.1) is 0 Å². The molecule has 60 valence electrons. The number of rotatable bonds is 1. The number of allylic oxidation sites excluding steroid dienone is 3. The lowest BCUT2D eigenvalue weighted by molar-refractivity contribution is -0.117. The number of carbonyl (C=O) groups is 1. The minimum absolute atomic E-state index is 0.218. The molecule has 0 spiro atoms. The predicted octanol–water partition coefficient (Wildman–Crippen LogP) is 1.67. The molecule has 3 heteroatoms. The average Bonchev–Trinajstić information content (AvgIpc) is 2.16. The van der Waals surface area contributed by atoms with Crippen LogP contribution in [0.15, 0.2) is 23.9 Å². The van der Waals surface area contributed by atoms with E-state index in [1.54, 1.807) is 6.08 Å². The lowest BCUT2D eigenvalue weighted by Crippen LogP contribution is -2.02. The topological polar surface area (TPSA) is 46.5 Å². The van der Waals surface area contributed by atoms with Gasteiger partial charge in [-0.1, -0.05) is 6.92 Å². The zero-order valence-electron chi connectivity index (χ0n) is 6.33. The van der Waals surface area contributed by atoms with Gasteiger partial charge in [-0.25, -0.2) is 0 Å². The second-order valence-corrected chi connectivity index (χ2v) is 2.24. The van der Waals surface area contributed by atoms with Crippen LogP contribution in [0.25, 0.3) is 0 Å². The van der Waals surface area contributed by atoms with Crippen LogP contribution in [0.2, 0.25) is 0 Å². The number of aliphatic hydroxyl groups excluding tert-OH is 1. The fraction of sp³-hybridized carbons (Fsp3) is 0.375. The molecule has 0 bridgehead atoms. The highest BCUT2D eigenvalue weighted by molar-refractivity contribution is 5.94. The maximum atomic E-state index is 10.9. The Morgan fingerprint density at radius 1 is 1.73 bits per heavy atom. The van der Waals surface area contributed by atoms with Gasteiger partial charge in [-0.3, -0.25) is 4.79 Å². The van der Waals surface area contributed by atoms with E-state index in [0.29, 0.717) is 12.2 Å². The molecule has 1 heterocycles. The van der Waals surface area contributed by atoms with Gasteiger partial charge in [-0.15, -0.1) is 0 Å². The van der Waals surface area contributed by atoms with Crippen molar-refractivity contribution in [3.05, 3.63) is 23.9 Å². The van der Waals surface area contributed by atoms with Gasteiger partial charge in [0, 0.05) is 12.8 Å². The average molecular weight is 154 g/mol. The summed E-state index contributed by atoms with van der Waals surface area (Å²) in [5.74, 6) is -0.170. The molecular formula is C8H10O3. The number of carbonyl (C=O) groups excluding carboxylic acids is 1. The van der Waals surface area contributed by atoms with Gasteiger partial charge in [-0.05, 0) is 6.08 Å². The summed E-state index contributed by atoms with van der Waals surface area (Å²) in [5, 5.41) is 9.18. The van der Waals surface area contributed by atoms with E-state index in [1.165, 1.54) is 6.26 Å². The first-order chi connectivity index (χ1) is 5.25. The van der Waals surface area contributed by atoms with Crippen molar-refractivity contribution in [1.82, 2.24) is 0 Å². The van der Waals surface area contributed by atoms with Crippen LogP contribution in [0.3, 0.4) is 0 Å². The molecule has 0 aromatic carbocycles. The van der Waals surface area contributed by atoms with Crippen LogP contribution < -0.4 is 0 Å². The smallest absolute Gasteiger partial charge is 0.204 e. The highest BCUT2D eigenvalue weighted by Gasteiger charge is 2.14. The van der Waals surface area contributed by atoms with E-state index in [1.807, 2.05) is 6.92 Å². The van der Waals surface area contributed by atoms with Gasteiger partial charge in [-0.2, -0.15) is 0 Å². The first-order valence-corrected chi connectivity index (χ1v) is 3.52. The maximum Gasteiger partial charge on any atom is 0.204 e. The number of hydrogen-bond acceptors (Lipinski definition) is 3. The van der Waals surface area contributed by atoms with Crippen molar-refractivity contribution in [3.63, 3.8) is 0 Å². The monoisotopic (exact) mass is 154 g/mol. The zero-order chi connectivity index (χ0) is 8.27. The van der Waals surface area contributed by atoms with Crippen molar-refractivity contribution >= 4 is 5.78 Å². The standard InChI is InChI=1S/C8H10O3/c1-2-7-8(10)6(9)4-3-5-11-7/h3,5,10H,2,4H2,1H3. The fourth-order valence-corrected chi connectivity index (χ4v) is 0.844. The molecule has 0 unspecified atom stereocenters. The summed E-state index contributed by atoms with van der Waals surface area (Å²) in [6.07, 6.45) is 3.76. The molecule has 3 nitrogen and oxygen atoms in total. The van der Waals surface area contributed by atoms with Gasteiger partial charge >= 0.3 is 0 Å². The number of Topliss-reactive ketones (excluding diaryl/α,β-unsaturated/α-hetero) is 1. The molecule has 0 amide bonds. The molecule has 1 aliphatic rings. The van der Waals surface area contributed by atoms with Gasteiger partial charge < -0.3 is 9.84 Å². The van der Waals surface area contributed by atoms with Crippen molar-refractivity contribution in [2.75, 3.05) is 0 Å². The zero-order valence-corrected chi connectivity index (χ0v) is 6.33. The molecule has 0 radical (unpaired) electrons. The maximum absolute atomic E-state index is 10.9. The van der Waals surface area contributed by atoms with Crippen molar-refractivity contribution in [1.29, 1.82) is 0 Å². The fourth-order valence-electron chi connectivity index (χ4n) is 0.844. The van der Waals surface area contributed by atoms with Crippen LogP contribution in [0.1, 0.15) is 19.8 Å². The molecular weight excluding hydrogens is 144 g/mol. The molecule has 1 N–H and O–H groups in total. The highest BCUT2D eigenvalue weighted by atomic mass is 16.5. The van der Waals surface area contributed by atoms with E-state index in [0.717, 1.165) is 0 Å². The van der Waals surface area contributed by atoms with E-state index >= 15 is 0 Å². The number of hydrogen-bond donors (Lipinski definition) is 1. The third-order valence-corrected chi connectivity index (χ3v) is 1.46. The summed E-state index contributed by atoms with van der Waals surface area (Å²) in [6, 6.07) is 0. The van der Waals surface area contributed by atoms with Gasteiger partial charge in [0.2, 0.25) is 5.78 Å². The van der Waals surface area contributed by atoms with E-state index in [4.69, 9.17) is 4.74 Å². The summed E-state index contributed by atoms with van der Waals surface area (Å²) < 4.78 is 4.96. The Labute approximate surface area is 65.0 Å². The number of ether oxygens (including phenoxy) is 1. The highest BCUT2D eigenvalue weighted by Crippen LogP contribution is 2.14. The molecule has 0 aromatic rings. The van der Waals surface area contributed by atoms with Crippen LogP contribution in [0.5, 0.6) is 0 Å². The molecule has 0 aliphatic carbocycles. The minimum Gasteiger partial charge on any atom is -0.502 e. The second-order valence-electron chi connectivity index (χ2n) is 2.24. The van der Waals surface area contributed by atoms with Crippen molar-refractivity contribution in [2.45, 2.75) is 19.8 Å². The van der Waals surface area contributed by atoms with Crippen LogP contribution in [0.4, 0.5) is 0 Å². The quantitative estimate of drug-likeness (QED) is 0.624. The summed E-state index contributed by atoms with van der Waals surface area (Å²) in [5.41, 5.74) is 0. The van der Waals surface area contributed by atoms with Gasteiger partial charge in [0.1, 0.15) is 5.76 Å². The summed E-state index contributed by atoms with van der Waals surface area (Å²) in [6.45, 7) is 1.82. The summed E-state index contributed by atoms with van der Waals surface area (Å²) >= 11 is 0. The summed E-state index contributed by atoms with van der Waals surface area (Å²) in [4.78, 5) is 10.9. The molecule has 0 atom stereocenters. The molecule has 11 heavy (non-hydrogen) atoms. The summed E-state index contributed by atoms with van der Waals surface area (Å²) in [7, 11) is 0. The first-order valence-electron chi connectivity index (χ1n) is 3.52. The molecule has 0 saturated heterocycles. The molecule has 0 saturated carbocycles. The van der Waals surface area contributed by atoms with E-state index < -0.39 is 0 Å². The van der Waals surface area contributed by atoms with Crippen molar-refractivity contribution in [2.24, 2.45) is 0 Å². The Bertz CT molecular complexity index is 225. The van der Waals surface area contributed by atoms with Crippen LogP contribution in [-0.2, 0) is 9.53 Å². The lowest BCUT2D eigenvalue weighted by atomic mass is 10.2. The second kappa shape index (κ2) is 3.23. The molecule has 1 rings (SSSR count). The third kappa shape index (κ3) is 1.61. The number of ketones is 1. The van der Waals surface area contributed by atoms with Crippen molar-refractivity contribution < 1.29 is 14.6 Å².